The van der Waals surface area contributed by atoms with Crippen molar-refractivity contribution in [2.24, 2.45) is 0 Å². The van der Waals surface area contributed by atoms with Crippen molar-refractivity contribution in [1.29, 1.82) is 0 Å². The number of rotatable bonds is 6. The summed E-state index contributed by atoms with van der Waals surface area (Å²) in [7, 11) is 1.63. The smallest absolute Gasteiger partial charge is 0.255 e. The van der Waals surface area contributed by atoms with E-state index in [0.29, 0.717) is 12.2 Å². The Kier molecular flexibility index (Phi) is 5.59. The summed E-state index contributed by atoms with van der Waals surface area (Å²) in [5.74, 6) is 2.21. The summed E-state index contributed by atoms with van der Waals surface area (Å²) >= 11 is 0. The van der Waals surface area contributed by atoms with Crippen LogP contribution in [0.25, 0.3) is 0 Å². The third kappa shape index (κ3) is 4.66. The molecule has 1 heterocycles. The van der Waals surface area contributed by atoms with Crippen LogP contribution >= 0.6 is 0 Å². The molecular formula is C26H27NO4. The first-order chi connectivity index (χ1) is 14.8. The van der Waals surface area contributed by atoms with Crippen LogP contribution in [-0.4, -0.2) is 18.6 Å². The molecule has 0 unspecified atom stereocenters. The van der Waals surface area contributed by atoms with Crippen LogP contribution in [0.5, 0.6) is 17.2 Å². The van der Waals surface area contributed by atoms with E-state index < -0.39 is 0 Å². The van der Waals surface area contributed by atoms with Crippen molar-refractivity contribution in [2.75, 3.05) is 12.4 Å². The molecule has 0 aliphatic carbocycles. The molecule has 1 N–H and O–H groups in total. The number of anilines is 1. The molecule has 160 valence electrons. The summed E-state index contributed by atoms with van der Waals surface area (Å²) in [5, 5.41) is 2.92. The standard InChI is InChI=1S/C26H27NO4/c1-17-14-21(12-13-22(17)29-4)27-25(28)19-10-8-18(9-11-19)16-30-23-7-5-6-20-15-26(2,3)31-24(20)23/h5-14H,15-16H2,1-4H3,(H,27,28). The summed E-state index contributed by atoms with van der Waals surface area (Å²) in [6, 6.07) is 19.0. The molecule has 0 radical (unpaired) electrons. The lowest BCUT2D eigenvalue weighted by Crippen LogP contribution is -2.24. The number of carbonyl (C=O) groups is 1. The van der Waals surface area contributed by atoms with Gasteiger partial charge < -0.3 is 19.5 Å². The van der Waals surface area contributed by atoms with Gasteiger partial charge in [-0.3, -0.25) is 4.79 Å². The molecule has 0 atom stereocenters. The van der Waals surface area contributed by atoms with E-state index in [4.69, 9.17) is 14.2 Å². The van der Waals surface area contributed by atoms with Crippen molar-refractivity contribution >= 4 is 11.6 Å². The van der Waals surface area contributed by atoms with Crippen LogP contribution in [0.2, 0.25) is 0 Å². The zero-order valence-electron chi connectivity index (χ0n) is 18.3. The fourth-order valence-corrected chi connectivity index (χ4v) is 3.77. The summed E-state index contributed by atoms with van der Waals surface area (Å²) in [4.78, 5) is 12.6. The number of carbonyl (C=O) groups excluding carboxylic acids is 1. The molecule has 0 saturated heterocycles. The first-order valence-corrected chi connectivity index (χ1v) is 10.3. The van der Waals surface area contributed by atoms with Crippen molar-refractivity contribution in [3.63, 3.8) is 0 Å². The average Bonchev–Trinajstić information content (AvgIpc) is 3.07. The molecular weight excluding hydrogens is 390 g/mol. The highest BCUT2D eigenvalue weighted by atomic mass is 16.5. The zero-order chi connectivity index (χ0) is 22.0. The molecule has 3 aromatic carbocycles. The van der Waals surface area contributed by atoms with Gasteiger partial charge in [0.25, 0.3) is 5.91 Å². The van der Waals surface area contributed by atoms with Gasteiger partial charge in [-0.1, -0.05) is 24.3 Å². The number of para-hydroxylation sites is 1. The third-order valence-electron chi connectivity index (χ3n) is 5.32. The van der Waals surface area contributed by atoms with E-state index in [1.165, 1.54) is 5.56 Å². The first-order valence-electron chi connectivity index (χ1n) is 10.3. The number of fused-ring (bicyclic) bond motifs is 1. The van der Waals surface area contributed by atoms with E-state index in [2.05, 4.69) is 25.2 Å². The van der Waals surface area contributed by atoms with Crippen LogP contribution < -0.4 is 19.5 Å². The van der Waals surface area contributed by atoms with Crippen LogP contribution in [0.3, 0.4) is 0 Å². The molecule has 4 rings (SSSR count). The lowest BCUT2D eigenvalue weighted by Gasteiger charge is -2.18. The quantitative estimate of drug-likeness (QED) is 0.571. The maximum absolute atomic E-state index is 12.6. The Morgan fingerprint density at radius 3 is 2.55 bits per heavy atom. The van der Waals surface area contributed by atoms with Crippen molar-refractivity contribution in [2.45, 2.75) is 39.4 Å². The van der Waals surface area contributed by atoms with E-state index >= 15 is 0 Å². The SMILES string of the molecule is COc1ccc(NC(=O)c2ccc(COc3cccc4c3OC(C)(C)C4)cc2)cc1C. The largest absolute Gasteiger partial charge is 0.496 e. The van der Waals surface area contributed by atoms with E-state index in [9.17, 15) is 4.79 Å². The Hall–Kier alpha value is -3.47. The monoisotopic (exact) mass is 417 g/mol. The second kappa shape index (κ2) is 8.34. The Balaban J connectivity index is 1.39. The molecule has 0 bridgehead atoms. The maximum Gasteiger partial charge on any atom is 0.255 e. The van der Waals surface area contributed by atoms with Crippen LogP contribution in [0.15, 0.2) is 60.7 Å². The van der Waals surface area contributed by atoms with Crippen molar-refractivity contribution in [3.8, 4) is 17.2 Å². The zero-order valence-corrected chi connectivity index (χ0v) is 18.3. The molecule has 1 aliphatic heterocycles. The molecule has 3 aromatic rings. The summed E-state index contributed by atoms with van der Waals surface area (Å²) in [5.41, 5.74) is 4.22. The number of amides is 1. The van der Waals surface area contributed by atoms with E-state index in [0.717, 1.165) is 40.5 Å². The fourth-order valence-electron chi connectivity index (χ4n) is 3.77. The third-order valence-corrected chi connectivity index (χ3v) is 5.32. The molecule has 0 aromatic heterocycles. The minimum Gasteiger partial charge on any atom is -0.496 e. The lowest BCUT2D eigenvalue weighted by atomic mass is 10.0. The van der Waals surface area contributed by atoms with Crippen molar-refractivity contribution in [1.82, 2.24) is 0 Å². The molecule has 31 heavy (non-hydrogen) atoms. The highest BCUT2D eigenvalue weighted by molar-refractivity contribution is 6.04. The first kappa shape index (κ1) is 20.8. The Morgan fingerprint density at radius 1 is 1.06 bits per heavy atom. The van der Waals surface area contributed by atoms with Crippen molar-refractivity contribution < 1.29 is 19.0 Å². The molecule has 0 fully saturated rings. The Labute approximate surface area is 183 Å². The molecule has 1 amide bonds. The van der Waals surface area contributed by atoms with Crippen LogP contribution in [0.1, 0.15) is 40.9 Å². The van der Waals surface area contributed by atoms with Gasteiger partial charge in [-0.2, -0.15) is 0 Å². The van der Waals surface area contributed by atoms with Gasteiger partial charge in [0.2, 0.25) is 0 Å². The minimum atomic E-state index is -0.209. The second-order valence-corrected chi connectivity index (χ2v) is 8.41. The topological polar surface area (TPSA) is 56.8 Å². The number of methoxy groups -OCH3 is 1. The van der Waals surface area contributed by atoms with Crippen LogP contribution in [-0.2, 0) is 13.0 Å². The minimum absolute atomic E-state index is 0.159. The molecule has 0 spiro atoms. The Bertz CT molecular complexity index is 1100. The lowest BCUT2D eigenvalue weighted by molar-refractivity contribution is 0.102. The predicted octanol–water partition coefficient (Wildman–Crippen LogP) is 5.55. The second-order valence-electron chi connectivity index (χ2n) is 8.41. The molecule has 0 saturated carbocycles. The van der Waals surface area contributed by atoms with Gasteiger partial charge in [0.15, 0.2) is 11.5 Å². The summed E-state index contributed by atoms with van der Waals surface area (Å²) < 4.78 is 17.3. The van der Waals surface area contributed by atoms with Crippen LogP contribution in [0.4, 0.5) is 5.69 Å². The number of aryl methyl sites for hydroxylation is 1. The number of benzene rings is 3. The van der Waals surface area contributed by atoms with Gasteiger partial charge in [0.1, 0.15) is 18.0 Å². The number of hydrogen-bond acceptors (Lipinski definition) is 4. The molecule has 1 aliphatic rings. The summed E-state index contributed by atoms with van der Waals surface area (Å²) in [6.07, 6.45) is 0.872. The fraction of sp³-hybridized carbons (Fsp3) is 0.269. The van der Waals surface area contributed by atoms with E-state index in [1.807, 2.05) is 49.4 Å². The van der Waals surface area contributed by atoms with Crippen molar-refractivity contribution in [3.05, 3.63) is 82.9 Å². The normalized spacial score (nSPS) is 13.8. The highest BCUT2D eigenvalue weighted by Gasteiger charge is 2.32. The number of nitrogens with one attached hydrogen (secondary N) is 1. The summed E-state index contributed by atoms with van der Waals surface area (Å²) in [6.45, 7) is 6.50. The average molecular weight is 418 g/mol. The van der Waals surface area contributed by atoms with Gasteiger partial charge in [0.05, 0.1) is 7.11 Å². The van der Waals surface area contributed by atoms with E-state index in [-0.39, 0.29) is 11.5 Å². The van der Waals surface area contributed by atoms with E-state index in [1.54, 1.807) is 19.2 Å². The Morgan fingerprint density at radius 2 is 1.84 bits per heavy atom. The number of hydrogen-bond donors (Lipinski definition) is 1. The van der Waals surface area contributed by atoms with Gasteiger partial charge in [-0.15, -0.1) is 0 Å². The number of ether oxygens (including phenoxy) is 3. The molecule has 5 heteroatoms. The molecule has 5 nitrogen and oxygen atoms in total. The predicted molar refractivity (Wildman–Crippen MR) is 121 cm³/mol. The van der Waals surface area contributed by atoms with Gasteiger partial charge in [-0.05, 0) is 68.3 Å². The van der Waals surface area contributed by atoms with Crippen LogP contribution in [0, 0.1) is 6.92 Å². The van der Waals surface area contributed by atoms with Gasteiger partial charge in [0, 0.05) is 23.2 Å². The van der Waals surface area contributed by atoms with Gasteiger partial charge in [-0.25, -0.2) is 0 Å². The highest BCUT2D eigenvalue weighted by Crippen LogP contribution is 2.41. The maximum atomic E-state index is 12.6. The van der Waals surface area contributed by atoms with Gasteiger partial charge >= 0.3 is 0 Å².